The fraction of sp³-hybridized carbons (Fsp3) is 1.00. The molecule has 0 aliphatic carbocycles. The van der Waals surface area contributed by atoms with Gasteiger partial charge < -0.3 is 74.4 Å². The number of ether oxygens (including phenoxy) is 6. The van der Waals surface area contributed by atoms with Gasteiger partial charge in [-0.15, -0.1) is 0 Å². The molecule has 3 saturated heterocycles. The molecule has 212 valence electrons. The van der Waals surface area contributed by atoms with Gasteiger partial charge in [0.15, 0.2) is 18.9 Å². The van der Waals surface area contributed by atoms with Crippen LogP contribution < -0.4 is 0 Å². The van der Waals surface area contributed by atoms with Crippen LogP contribution in [0.4, 0.5) is 0 Å². The number of hydrogen-bond donors (Lipinski definition) is 9. The fourth-order valence-corrected chi connectivity index (χ4v) is 4.42. The van der Waals surface area contributed by atoms with E-state index in [1.165, 1.54) is 0 Å². The van der Waals surface area contributed by atoms with Crippen LogP contribution in [-0.4, -0.2) is 158 Å². The molecule has 3 aliphatic rings. The molecule has 0 aromatic heterocycles. The van der Waals surface area contributed by atoms with Crippen molar-refractivity contribution >= 4 is 0 Å². The van der Waals surface area contributed by atoms with E-state index >= 15 is 0 Å². The van der Waals surface area contributed by atoms with Crippen molar-refractivity contribution in [1.29, 1.82) is 0 Å². The first kappa shape index (κ1) is 29.9. The highest BCUT2D eigenvalue weighted by Gasteiger charge is 2.52. The van der Waals surface area contributed by atoms with Gasteiger partial charge in [-0.05, 0) is 13.8 Å². The molecule has 36 heavy (non-hydrogen) atoms. The van der Waals surface area contributed by atoms with E-state index < -0.39 is 106 Å². The van der Waals surface area contributed by atoms with E-state index in [-0.39, 0.29) is 12.5 Å². The predicted octanol–water partition coefficient (Wildman–Crippen LogP) is -5.11. The highest BCUT2D eigenvalue weighted by molar-refractivity contribution is 4.95. The van der Waals surface area contributed by atoms with Gasteiger partial charge in [0.1, 0.15) is 61.0 Å². The highest BCUT2D eigenvalue weighted by atomic mass is 16.8. The molecule has 9 N–H and O–H groups in total. The fourth-order valence-electron chi connectivity index (χ4n) is 4.42. The second-order valence-electron chi connectivity index (χ2n) is 9.38. The molecule has 3 rings (SSSR count). The summed E-state index contributed by atoms with van der Waals surface area (Å²) in [6.45, 7) is 1.40. The minimum Gasteiger partial charge on any atom is -0.394 e. The SMILES string of the molecule is CC(C)O[C@@H]1O[C@H](CO)[C@@H](O[C@@H]2O[C@H](CO)[C@@H](OC3C[C@@H](O)[C@@H](O)[C@@H](CO)O3)[C@H](O)[C@H]2O)[C@H](O)[C@H]1O. The maximum Gasteiger partial charge on any atom is 0.187 e. The number of aliphatic hydroxyl groups excluding tert-OH is 9. The first-order chi connectivity index (χ1) is 17.0. The Morgan fingerprint density at radius 2 is 1.14 bits per heavy atom. The molecular formula is C21H38O15. The summed E-state index contributed by atoms with van der Waals surface area (Å²) in [4.78, 5) is 0. The molecular weight excluding hydrogens is 492 g/mol. The largest absolute Gasteiger partial charge is 0.394 e. The lowest BCUT2D eigenvalue weighted by molar-refractivity contribution is -0.374. The topological polar surface area (TPSA) is 237 Å². The summed E-state index contributed by atoms with van der Waals surface area (Å²) in [7, 11) is 0. The molecule has 0 amide bonds. The molecule has 15 nitrogen and oxygen atoms in total. The molecule has 3 fully saturated rings. The molecule has 0 aromatic carbocycles. The minimum atomic E-state index is -1.79. The van der Waals surface area contributed by atoms with Crippen LogP contribution in [0.25, 0.3) is 0 Å². The van der Waals surface area contributed by atoms with Gasteiger partial charge in [-0.25, -0.2) is 0 Å². The van der Waals surface area contributed by atoms with Crippen molar-refractivity contribution in [1.82, 2.24) is 0 Å². The number of aliphatic hydroxyl groups is 9. The van der Waals surface area contributed by atoms with Gasteiger partial charge in [0.2, 0.25) is 0 Å². The van der Waals surface area contributed by atoms with Crippen LogP contribution in [0.1, 0.15) is 20.3 Å². The Labute approximate surface area is 207 Å². The lowest BCUT2D eigenvalue weighted by atomic mass is 9.96. The molecule has 3 aliphatic heterocycles. The van der Waals surface area contributed by atoms with E-state index in [1.54, 1.807) is 13.8 Å². The average Bonchev–Trinajstić information content (AvgIpc) is 2.84. The van der Waals surface area contributed by atoms with Crippen LogP contribution in [-0.2, 0) is 28.4 Å². The third-order valence-corrected chi connectivity index (χ3v) is 6.36. The Morgan fingerprint density at radius 1 is 0.639 bits per heavy atom. The van der Waals surface area contributed by atoms with Crippen LogP contribution in [0.3, 0.4) is 0 Å². The van der Waals surface area contributed by atoms with E-state index in [1.807, 2.05) is 0 Å². The molecule has 0 aromatic rings. The second kappa shape index (κ2) is 13.0. The van der Waals surface area contributed by atoms with Crippen molar-refractivity contribution in [2.45, 2.75) is 112 Å². The Balaban J connectivity index is 1.68. The van der Waals surface area contributed by atoms with E-state index in [4.69, 9.17) is 28.4 Å². The van der Waals surface area contributed by atoms with Gasteiger partial charge in [-0.2, -0.15) is 0 Å². The van der Waals surface area contributed by atoms with Crippen molar-refractivity contribution in [3.8, 4) is 0 Å². The Morgan fingerprint density at radius 3 is 1.67 bits per heavy atom. The maximum absolute atomic E-state index is 10.7. The van der Waals surface area contributed by atoms with Crippen molar-refractivity contribution in [3.05, 3.63) is 0 Å². The van der Waals surface area contributed by atoms with Gasteiger partial charge >= 0.3 is 0 Å². The summed E-state index contributed by atoms with van der Waals surface area (Å²) >= 11 is 0. The quantitative estimate of drug-likeness (QED) is 0.135. The first-order valence-electron chi connectivity index (χ1n) is 11.9. The average molecular weight is 531 g/mol. The molecule has 0 bridgehead atoms. The van der Waals surface area contributed by atoms with E-state index in [0.29, 0.717) is 0 Å². The molecule has 3 heterocycles. The molecule has 0 saturated carbocycles. The molecule has 15 heteroatoms. The van der Waals surface area contributed by atoms with Gasteiger partial charge in [-0.1, -0.05) is 0 Å². The van der Waals surface area contributed by atoms with Gasteiger partial charge in [0.05, 0.1) is 32.0 Å². The molecule has 1 unspecified atom stereocenters. The van der Waals surface area contributed by atoms with Crippen LogP contribution in [0.2, 0.25) is 0 Å². The van der Waals surface area contributed by atoms with Gasteiger partial charge in [-0.3, -0.25) is 0 Å². The van der Waals surface area contributed by atoms with Crippen LogP contribution in [0.5, 0.6) is 0 Å². The third kappa shape index (κ3) is 6.51. The van der Waals surface area contributed by atoms with Crippen molar-refractivity contribution in [2.75, 3.05) is 19.8 Å². The number of rotatable bonds is 9. The Kier molecular flexibility index (Phi) is 10.8. The highest BCUT2D eigenvalue weighted by Crippen LogP contribution is 2.32. The summed E-state index contributed by atoms with van der Waals surface area (Å²) in [6.07, 6.45) is -20.5. The Bertz CT molecular complexity index is 665. The summed E-state index contributed by atoms with van der Waals surface area (Å²) < 4.78 is 33.1. The zero-order chi connectivity index (χ0) is 26.7. The summed E-state index contributed by atoms with van der Waals surface area (Å²) in [5.41, 5.74) is 0. The second-order valence-corrected chi connectivity index (χ2v) is 9.38. The van der Waals surface area contributed by atoms with E-state index in [0.717, 1.165) is 0 Å². The zero-order valence-electron chi connectivity index (χ0n) is 20.0. The van der Waals surface area contributed by atoms with Crippen molar-refractivity contribution in [2.24, 2.45) is 0 Å². The predicted molar refractivity (Wildman–Crippen MR) is 114 cm³/mol. The van der Waals surface area contributed by atoms with Crippen LogP contribution in [0.15, 0.2) is 0 Å². The van der Waals surface area contributed by atoms with Crippen molar-refractivity contribution in [3.63, 3.8) is 0 Å². The zero-order valence-corrected chi connectivity index (χ0v) is 20.0. The molecule has 14 atom stereocenters. The summed E-state index contributed by atoms with van der Waals surface area (Å²) in [5.74, 6) is 0. The smallest absolute Gasteiger partial charge is 0.187 e. The van der Waals surface area contributed by atoms with Gasteiger partial charge in [0.25, 0.3) is 0 Å². The van der Waals surface area contributed by atoms with Crippen molar-refractivity contribution < 1.29 is 74.4 Å². The lowest BCUT2D eigenvalue weighted by Gasteiger charge is -2.47. The van der Waals surface area contributed by atoms with E-state index in [9.17, 15) is 46.0 Å². The minimum absolute atomic E-state index is 0.226. The third-order valence-electron chi connectivity index (χ3n) is 6.36. The van der Waals surface area contributed by atoms with E-state index in [2.05, 4.69) is 0 Å². The summed E-state index contributed by atoms with van der Waals surface area (Å²) in [6, 6.07) is 0. The number of hydrogen-bond acceptors (Lipinski definition) is 15. The standard InChI is InChI=1S/C21H38O15/c1-7(2)31-20-16(29)15(28)19(11(6-24)33-20)36-21-17(30)14(27)18(10(5-23)34-21)35-12-3-8(25)13(26)9(4-22)32-12/h7-30H,3-6H2,1-2H3/t8-,9-,10-,11-,12?,13-,14-,15-,16-,17-,18-,19-,20-,21+/m1/s1. The Hall–Kier alpha value is -0.600. The van der Waals surface area contributed by atoms with Gasteiger partial charge in [0, 0.05) is 6.42 Å². The summed E-state index contributed by atoms with van der Waals surface area (Å²) in [5, 5.41) is 91.1. The molecule has 0 radical (unpaired) electrons. The monoisotopic (exact) mass is 530 g/mol. The normalized spacial score (nSPS) is 48.3. The van der Waals surface area contributed by atoms with Crippen LogP contribution in [0, 0.1) is 0 Å². The lowest BCUT2D eigenvalue weighted by Crippen LogP contribution is -2.65. The molecule has 0 spiro atoms. The first-order valence-corrected chi connectivity index (χ1v) is 11.9. The maximum atomic E-state index is 10.7. The van der Waals surface area contributed by atoms with Crippen LogP contribution >= 0.6 is 0 Å².